The molecule has 3 aromatic rings. The van der Waals surface area contributed by atoms with E-state index in [0.717, 1.165) is 5.56 Å². The minimum absolute atomic E-state index is 0.00254. The number of carbonyl (C=O) groups is 1. The fraction of sp³-hybridized carbons (Fsp3) is 0.120. The van der Waals surface area contributed by atoms with E-state index in [1.807, 2.05) is 6.92 Å². The molecule has 184 valence electrons. The summed E-state index contributed by atoms with van der Waals surface area (Å²) in [6.45, 7) is 2.38. The van der Waals surface area contributed by atoms with Crippen LogP contribution in [0.2, 0.25) is 10.0 Å². The highest BCUT2D eigenvalue weighted by molar-refractivity contribution is 9.10. The number of benzene rings is 3. The van der Waals surface area contributed by atoms with Gasteiger partial charge in [-0.3, -0.25) is 10.1 Å². The predicted molar refractivity (Wildman–Crippen MR) is 140 cm³/mol. The third kappa shape index (κ3) is 5.87. The molecular weight excluding hydrogens is 575 g/mol. The fourth-order valence-electron chi connectivity index (χ4n) is 3.26. The summed E-state index contributed by atoms with van der Waals surface area (Å²) in [7, 11) is 0. The van der Waals surface area contributed by atoms with Crippen LogP contribution >= 0.6 is 39.1 Å². The summed E-state index contributed by atoms with van der Waals surface area (Å²) >= 11 is 15.5. The van der Waals surface area contributed by atoms with Gasteiger partial charge in [0.1, 0.15) is 6.61 Å². The molecule has 1 aliphatic heterocycles. The maximum Gasteiger partial charge on any atom is 0.363 e. The minimum atomic E-state index is -0.608. The number of rotatable bonds is 8. The lowest BCUT2D eigenvalue weighted by Gasteiger charge is -2.15. The first-order chi connectivity index (χ1) is 17.2. The van der Waals surface area contributed by atoms with Gasteiger partial charge in [0.2, 0.25) is 5.90 Å². The Morgan fingerprint density at radius 2 is 1.83 bits per heavy atom. The number of esters is 1. The maximum atomic E-state index is 12.4. The number of carbonyl (C=O) groups excluding carboxylic acids is 1. The summed E-state index contributed by atoms with van der Waals surface area (Å²) in [5.41, 5.74) is 2.00. The van der Waals surface area contributed by atoms with Gasteiger partial charge in [-0.2, -0.15) is 0 Å². The molecule has 0 saturated carbocycles. The summed E-state index contributed by atoms with van der Waals surface area (Å²) in [5.74, 6) is 0.410. The Hall–Kier alpha value is -3.40. The quantitative estimate of drug-likeness (QED) is 0.121. The molecule has 0 bridgehead atoms. The van der Waals surface area contributed by atoms with E-state index in [-0.39, 0.29) is 23.9 Å². The highest BCUT2D eigenvalue weighted by atomic mass is 79.9. The van der Waals surface area contributed by atoms with Crippen LogP contribution in [-0.4, -0.2) is 23.4 Å². The van der Waals surface area contributed by atoms with E-state index in [1.54, 1.807) is 48.5 Å². The number of nitro groups is 1. The molecule has 36 heavy (non-hydrogen) atoms. The first-order valence-electron chi connectivity index (χ1n) is 10.6. The van der Waals surface area contributed by atoms with Crippen molar-refractivity contribution >= 4 is 62.8 Å². The molecule has 1 aliphatic rings. The molecule has 3 aromatic carbocycles. The summed E-state index contributed by atoms with van der Waals surface area (Å²) in [6, 6.07) is 14.4. The van der Waals surface area contributed by atoms with Crippen LogP contribution in [0, 0.1) is 10.1 Å². The molecule has 1 heterocycles. The first kappa shape index (κ1) is 25.7. The number of cyclic esters (lactones) is 1. The van der Waals surface area contributed by atoms with E-state index in [1.165, 1.54) is 12.1 Å². The Kier molecular flexibility index (Phi) is 7.93. The van der Waals surface area contributed by atoms with Gasteiger partial charge >= 0.3 is 5.97 Å². The molecule has 11 heteroatoms. The number of nitrogens with zero attached hydrogens (tertiary/aromatic N) is 2. The number of ether oxygens (including phenoxy) is 3. The van der Waals surface area contributed by atoms with Crippen LogP contribution in [-0.2, 0) is 16.1 Å². The number of nitro benzene ring substituents is 1. The van der Waals surface area contributed by atoms with Crippen molar-refractivity contribution in [2.45, 2.75) is 13.5 Å². The van der Waals surface area contributed by atoms with Crippen LogP contribution in [0.25, 0.3) is 6.08 Å². The smallest absolute Gasteiger partial charge is 0.363 e. The Bertz CT molecular complexity index is 1410. The Morgan fingerprint density at radius 1 is 1.08 bits per heavy atom. The van der Waals surface area contributed by atoms with Crippen molar-refractivity contribution in [2.75, 3.05) is 6.61 Å². The molecule has 0 atom stereocenters. The molecule has 0 unspecified atom stereocenters. The van der Waals surface area contributed by atoms with E-state index in [4.69, 9.17) is 37.4 Å². The molecule has 0 saturated heterocycles. The number of hydrogen-bond acceptors (Lipinski definition) is 7. The highest BCUT2D eigenvalue weighted by Crippen LogP contribution is 2.38. The average molecular weight is 592 g/mol. The van der Waals surface area contributed by atoms with Crippen LogP contribution in [0.4, 0.5) is 5.69 Å². The molecule has 8 nitrogen and oxygen atoms in total. The van der Waals surface area contributed by atoms with E-state index in [2.05, 4.69) is 20.9 Å². The summed E-state index contributed by atoms with van der Waals surface area (Å²) in [6.07, 6.45) is 1.57. The van der Waals surface area contributed by atoms with Gasteiger partial charge in [0.25, 0.3) is 5.69 Å². The molecular formula is C25H17BrCl2N2O6. The largest absolute Gasteiger partial charge is 0.490 e. The third-order valence-corrected chi connectivity index (χ3v) is 6.28. The second-order valence-corrected chi connectivity index (χ2v) is 9.11. The van der Waals surface area contributed by atoms with Crippen molar-refractivity contribution in [2.24, 2.45) is 4.99 Å². The standard InChI is InChI=1S/C25H17BrCl2N2O6/c1-2-34-22-11-15(9-18(26)23(22)35-13-14-3-6-17(7-4-14)30(32)33)10-21-25(31)36-24(29-21)16-5-8-19(27)20(28)12-16/h3-12H,2,13H2,1H3/b21-10-. The molecule has 0 aromatic heterocycles. The second kappa shape index (κ2) is 11.1. The number of aliphatic imine (C=N–C) groups is 1. The molecule has 0 fully saturated rings. The van der Waals surface area contributed by atoms with Gasteiger partial charge in [-0.15, -0.1) is 0 Å². The molecule has 0 radical (unpaired) electrons. The van der Waals surface area contributed by atoms with E-state index in [9.17, 15) is 14.9 Å². The lowest BCUT2D eigenvalue weighted by Crippen LogP contribution is -2.05. The Labute approximate surface area is 224 Å². The zero-order valence-electron chi connectivity index (χ0n) is 18.7. The van der Waals surface area contributed by atoms with Crippen molar-refractivity contribution in [1.82, 2.24) is 0 Å². The van der Waals surface area contributed by atoms with Gasteiger partial charge in [0.05, 0.1) is 26.0 Å². The minimum Gasteiger partial charge on any atom is -0.490 e. The molecule has 4 rings (SSSR count). The van der Waals surface area contributed by atoms with Gasteiger partial charge in [-0.25, -0.2) is 9.79 Å². The number of non-ortho nitro benzene ring substituents is 1. The molecule has 0 amide bonds. The highest BCUT2D eigenvalue weighted by Gasteiger charge is 2.25. The van der Waals surface area contributed by atoms with Crippen molar-refractivity contribution in [1.29, 1.82) is 0 Å². The SMILES string of the molecule is CCOc1cc(/C=C2\N=C(c3ccc(Cl)c(Cl)c3)OC2=O)cc(Br)c1OCc1ccc([N+](=O)[O-])cc1. The summed E-state index contributed by atoms with van der Waals surface area (Å²) in [5, 5.41) is 11.5. The van der Waals surface area contributed by atoms with Gasteiger partial charge in [-0.1, -0.05) is 23.2 Å². The van der Waals surface area contributed by atoms with E-state index in [0.29, 0.717) is 43.8 Å². The third-order valence-electron chi connectivity index (χ3n) is 4.95. The van der Waals surface area contributed by atoms with Gasteiger partial charge in [-0.05, 0) is 82.5 Å². The van der Waals surface area contributed by atoms with Gasteiger partial charge in [0, 0.05) is 17.7 Å². The topological polar surface area (TPSA) is 100 Å². The maximum absolute atomic E-state index is 12.4. The van der Waals surface area contributed by atoms with Crippen molar-refractivity contribution < 1.29 is 23.9 Å². The van der Waals surface area contributed by atoms with Crippen LogP contribution in [0.1, 0.15) is 23.6 Å². The lowest BCUT2D eigenvalue weighted by atomic mass is 10.1. The first-order valence-corrected chi connectivity index (χ1v) is 12.1. The van der Waals surface area contributed by atoms with Crippen LogP contribution in [0.3, 0.4) is 0 Å². The van der Waals surface area contributed by atoms with Crippen LogP contribution < -0.4 is 9.47 Å². The van der Waals surface area contributed by atoms with E-state index < -0.39 is 10.9 Å². The monoisotopic (exact) mass is 590 g/mol. The zero-order valence-corrected chi connectivity index (χ0v) is 21.8. The molecule has 0 aliphatic carbocycles. The van der Waals surface area contributed by atoms with Crippen molar-refractivity contribution in [3.8, 4) is 11.5 Å². The normalized spacial score (nSPS) is 13.9. The Morgan fingerprint density at radius 3 is 2.50 bits per heavy atom. The fourth-order valence-corrected chi connectivity index (χ4v) is 4.14. The van der Waals surface area contributed by atoms with Gasteiger partial charge < -0.3 is 14.2 Å². The predicted octanol–water partition coefficient (Wildman–Crippen LogP) is 6.99. The number of halogens is 3. The zero-order chi connectivity index (χ0) is 25.8. The van der Waals surface area contributed by atoms with E-state index >= 15 is 0 Å². The average Bonchev–Trinajstić information content (AvgIpc) is 3.20. The van der Waals surface area contributed by atoms with Crippen molar-refractivity contribution in [3.63, 3.8) is 0 Å². The number of hydrogen-bond donors (Lipinski definition) is 0. The summed E-state index contributed by atoms with van der Waals surface area (Å²) in [4.78, 5) is 27.1. The second-order valence-electron chi connectivity index (χ2n) is 7.44. The van der Waals surface area contributed by atoms with Crippen molar-refractivity contribution in [3.05, 3.63) is 102 Å². The molecule has 0 spiro atoms. The van der Waals surface area contributed by atoms with Crippen LogP contribution in [0.15, 0.2) is 69.8 Å². The lowest BCUT2D eigenvalue weighted by molar-refractivity contribution is -0.384. The molecule has 0 N–H and O–H groups in total. The van der Waals surface area contributed by atoms with Crippen LogP contribution in [0.5, 0.6) is 11.5 Å². The Balaban J connectivity index is 1.58. The van der Waals surface area contributed by atoms with Gasteiger partial charge in [0.15, 0.2) is 17.2 Å². The summed E-state index contributed by atoms with van der Waals surface area (Å²) < 4.78 is 17.6.